The molecule has 1 atom stereocenters. The minimum atomic E-state index is -0.616. The number of halogens is 1. The third-order valence-electron chi connectivity index (χ3n) is 4.32. The fourth-order valence-corrected chi connectivity index (χ4v) is 3.56. The molecule has 1 N–H and O–H groups in total. The van der Waals surface area contributed by atoms with Crippen LogP contribution in [0.25, 0.3) is 0 Å². The summed E-state index contributed by atoms with van der Waals surface area (Å²) in [6.07, 6.45) is 0.843. The largest absolute Gasteiger partial charge is 0.388 e. The van der Waals surface area contributed by atoms with E-state index >= 15 is 0 Å². The van der Waals surface area contributed by atoms with Crippen LogP contribution in [0.4, 0.5) is 4.39 Å². The Kier molecular flexibility index (Phi) is 4.73. The topological polar surface area (TPSA) is 53.4 Å². The molecule has 1 fully saturated rings. The summed E-state index contributed by atoms with van der Waals surface area (Å²) < 4.78 is 13.0. The Labute approximate surface area is 138 Å². The second kappa shape index (κ2) is 6.76. The highest BCUT2D eigenvalue weighted by atomic mass is 32.1. The monoisotopic (exact) mass is 334 g/mol. The van der Waals surface area contributed by atoms with E-state index in [4.69, 9.17) is 0 Å². The van der Waals surface area contributed by atoms with Gasteiger partial charge >= 0.3 is 0 Å². The summed E-state index contributed by atoms with van der Waals surface area (Å²) in [6.45, 7) is 3.10. The Bertz CT molecular complexity index is 678. The van der Waals surface area contributed by atoms with Gasteiger partial charge in [0.05, 0.1) is 11.1 Å². The number of amides is 1. The number of carbonyl (C=O) groups is 1. The number of piperidine rings is 1. The summed E-state index contributed by atoms with van der Waals surface area (Å²) in [5, 5.41) is 13.1. The summed E-state index contributed by atoms with van der Waals surface area (Å²) >= 11 is 1.47. The lowest BCUT2D eigenvalue weighted by atomic mass is 9.87. The van der Waals surface area contributed by atoms with E-state index in [0.717, 1.165) is 23.4 Å². The Hall–Kier alpha value is -1.79. The van der Waals surface area contributed by atoms with E-state index in [1.54, 1.807) is 22.4 Å². The maximum Gasteiger partial charge on any atom is 0.273 e. The molecule has 1 aromatic carbocycles. The van der Waals surface area contributed by atoms with Gasteiger partial charge in [-0.05, 0) is 43.4 Å². The third-order valence-corrected chi connectivity index (χ3v) is 5.10. The minimum Gasteiger partial charge on any atom is -0.388 e. The van der Waals surface area contributed by atoms with Crippen molar-refractivity contribution < 1.29 is 14.3 Å². The molecule has 4 nitrogen and oxygen atoms in total. The second-order valence-corrected chi connectivity index (χ2v) is 6.94. The molecular formula is C17H19FN2O2S. The number of aryl methyl sites for hydroxylation is 1. The van der Waals surface area contributed by atoms with E-state index in [1.807, 2.05) is 6.92 Å². The van der Waals surface area contributed by atoms with Gasteiger partial charge in [-0.15, -0.1) is 11.3 Å². The number of hydrogen-bond acceptors (Lipinski definition) is 4. The highest BCUT2D eigenvalue weighted by molar-refractivity contribution is 7.09. The molecule has 2 aromatic rings. The van der Waals surface area contributed by atoms with E-state index in [9.17, 15) is 14.3 Å². The maximum atomic E-state index is 13.0. The molecule has 0 saturated carbocycles. The molecular weight excluding hydrogens is 315 g/mol. The van der Waals surface area contributed by atoms with Gasteiger partial charge in [-0.2, -0.15) is 0 Å². The fourth-order valence-electron chi connectivity index (χ4n) is 2.97. The van der Waals surface area contributed by atoms with Gasteiger partial charge in [0.25, 0.3) is 5.91 Å². The number of benzene rings is 1. The number of carbonyl (C=O) groups excluding carboxylic acids is 1. The molecule has 23 heavy (non-hydrogen) atoms. The molecule has 6 heteroatoms. The van der Waals surface area contributed by atoms with Crippen LogP contribution in [-0.4, -0.2) is 34.0 Å². The van der Waals surface area contributed by atoms with Crippen molar-refractivity contribution in [2.24, 2.45) is 5.92 Å². The van der Waals surface area contributed by atoms with Gasteiger partial charge in [-0.3, -0.25) is 4.79 Å². The molecule has 1 aliphatic rings. The highest BCUT2D eigenvalue weighted by Crippen LogP contribution is 2.31. The van der Waals surface area contributed by atoms with Crippen molar-refractivity contribution >= 4 is 17.2 Å². The number of nitrogens with zero attached hydrogens (tertiary/aromatic N) is 2. The first kappa shape index (κ1) is 16.1. The van der Waals surface area contributed by atoms with Gasteiger partial charge in [0, 0.05) is 18.5 Å². The average Bonchev–Trinajstić information content (AvgIpc) is 3.01. The Morgan fingerprint density at radius 1 is 1.35 bits per heavy atom. The van der Waals surface area contributed by atoms with Gasteiger partial charge in [0.2, 0.25) is 0 Å². The molecule has 122 valence electrons. The van der Waals surface area contributed by atoms with Crippen LogP contribution >= 0.6 is 11.3 Å². The number of likely N-dealkylation sites (tertiary alicyclic amines) is 1. The first-order chi connectivity index (χ1) is 11.0. The number of aromatic nitrogens is 1. The minimum absolute atomic E-state index is 0.0379. The predicted octanol–water partition coefficient (Wildman–Crippen LogP) is 3.18. The number of rotatable bonds is 3. The average molecular weight is 334 g/mol. The first-order valence-corrected chi connectivity index (χ1v) is 8.57. The zero-order valence-electron chi connectivity index (χ0n) is 12.9. The summed E-state index contributed by atoms with van der Waals surface area (Å²) in [5.74, 6) is -0.259. The predicted molar refractivity (Wildman–Crippen MR) is 86.8 cm³/mol. The van der Waals surface area contributed by atoms with Crippen LogP contribution in [0, 0.1) is 18.7 Å². The zero-order chi connectivity index (χ0) is 16.4. The molecule has 0 unspecified atom stereocenters. The molecule has 0 spiro atoms. The molecule has 1 aliphatic heterocycles. The summed E-state index contributed by atoms with van der Waals surface area (Å²) in [7, 11) is 0. The van der Waals surface area contributed by atoms with Gasteiger partial charge in [-0.25, -0.2) is 9.37 Å². The standard InChI is InChI=1S/C17H19FN2O2S/c1-11-19-15(10-23-11)17(22)20-8-6-13(7-9-20)16(21)12-2-4-14(18)5-3-12/h2-5,10,13,16,21H,6-9H2,1H3/t16-/m0/s1. The lowest BCUT2D eigenvalue weighted by Gasteiger charge is -2.34. The lowest BCUT2D eigenvalue weighted by molar-refractivity contribution is 0.0459. The van der Waals surface area contributed by atoms with Crippen molar-refractivity contribution in [3.63, 3.8) is 0 Å². The van der Waals surface area contributed by atoms with Gasteiger partial charge in [0.1, 0.15) is 11.5 Å². The van der Waals surface area contributed by atoms with Crippen LogP contribution in [0.1, 0.15) is 40.0 Å². The van der Waals surface area contributed by atoms with Crippen molar-refractivity contribution in [3.8, 4) is 0 Å². The first-order valence-electron chi connectivity index (χ1n) is 7.69. The number of hydrogen-bond donors (Lipinski definition) is 1. The van der Waals surface area contributed by atoms with E-state index in [2.05, 4.69) is 4.98 Å². The SMILES string of the molecule is Cc1nc(C(=O)N2CCC([C@@H](O)c3ccc(F)cc3)CC2)cs1. The van der Waals surface area contributed by atoms with Crippen LogP contribution in [-0.2, 0) is 0 Å². The molecule has 1 amide bonds. The van der Waals surface area contributed by atoms with Crippen molar-refractivity contribution in [2.75, 3.05) is 13.1 Å². The molecule has 1 aromatic heterocycles. The molecule has 1 saturated heterocycles. The van der Waals surface area contributed by atoms with Crippen LogP contribution in [0.15, 0.2) is 29.6 Å². The summed E-state index contributed by atoms with van der Waals surface area (Å²) in [6, 6.07) is 5.97. The molecule has 3 rings (SSSR count). The summed E-state index contributed by atoms with van der Waals surface area (Å²) in [4.78, 5) is 18.4. The van der Waals surface area contributed by atoms with E-state index in [1.165, 1.54) is 23.5 Å². The Balaban J connectivity index is 1.59. The molecule has 0 bridgehead atoms. The number of aliphatic hydroxyl groups excluding tert-OH is 1. The van der Waals surface area contributed by atoms with Crippen molar-refractivity contribution in [2.45, 2.75) is 25.9 Å². The molecule has 0 radical (unpaired) electrons. The smallest absolute Gasteiger partial charge is 0.273 e. The van der Waals surface area contributed by atoms with Gasteiger partial charge in [-0.1, -0.05) is 12.1 Å². The Morgan fingerprint density at radius 3 is 2.57 bits per heavy atom. The fraction of sp³-hybridized carbons (Fsp3) is 0.412. The van der Waals surface area contributed by atoms with E-state index in [0.29, 0.717) is 18.8 Å². The van der Waals surface area contributed by atoms with Crippen LogP contribution in [0.2, 0.25) is 0 Å². The zero-order valence-corrected chi connectivity index (χ0v) is 13.7. The van der Waals surface area contributed by atoms with E-state index in [-0.39, 0.29) is 17.6 Å². The van der Waals surface area contributed by atoms with Crippen molar-refractivity contribution in [1.82, 2.24) is 9.88 Å². The molecule has 2 heterocycles. The van der Waals surface area contributed by atoms with Gasteiger partial charge in [0.15, 0.2) is 0 Å². The third kappa shape index (κ3) is 3.59. The van der Waals surface area contributed by atoms with Crippen molar-refractivity contribution in [1.29, 1.82) is 0 Å². The number of aliphatic hydroxyl groups is 1. The summed E-state index contributed by atoms with van der Waals surface area (Å²) in [5.41, 5.74) is 1.23. The van der Waals surface area contributed by atoms with Crippen LogP contribution in [0.3, 0.4) is 0 Å². The highest BCUT2D eigenvalue weighted by Gasteiger charge is 2.29. The lowest BCUT2D eigenvalue weighted by Crippen LogP contribution is -2.39. The Morgan fingerprint density at radius 2 is 2.00 bits per heavy atom. The normalized spacial score (nSPS) is 17.3. The quantitative estimate of drug-likeness (QED) is 0.938. The van der Waals surface area contributed by atoms with Crippen molar-refractivity contribution in [3.05, 3.63) is 51.7 Å². The maximum absolute atomic E-state index is 13.0. The number of thiazole rings is 1. The van der Waals surface area contributed by atoms with E-state index < -0.39 is 6.10 Å². The molecule has 0 aliphatic carbocycles. The van der Waals surface area contributed by atoms with Crippen LogP contribution in [0.5, 0.6) is 0 Å². The van der Waals surface area contributed by atoms with Crippen LogP contribution < -0.4 is 0 Å². The second-order valence-electron chi connectivity index (χ2n) is 5.88. The van der Waals surface area contributed by atoms with Gasteiger partial charge < -0.3 is 10.0 Å².